The number of carbonyl (C=O) groups is 2. The SMILES string of the molecule is CCSc1ccc([N+](=O)[O-])cc1C(=O)N[C@H](CC(C)C)C(=O)O. The summed E-state index contributed by atoms with van der Waals surface area (Å²) >= 11 is 1.37. The van der Waals surface area contributed by atoms with Crippen molar-refractivity contribution in [3.05, 3.63) is 33.9 Å². The summed E-state index contributed by atoms with van der Waals surface area (Å²) in [4.78, 5) is 34.6. The van der Waals surface area contributed by atoms with Crippen molar-refractivity contribution in [2.75, 3.05) is 5.75 Å². The number of nitrogens with one attached hydrogen (secondary N) is 1. The number of nitrogens with zero attached hydrogens (tertiary/aromatic N) is 1. The maximum absolute atomic E-state index is 12.4. The number of aliphatic carboxylic acids is 1. The number of rotatable bonds is 8. The summed E-state index contributed by atoms with van der Waals surface area (Å²) in [5.41, 5.74) is -0.0765. The Labute approximate surface area is 138 Å². The van der Waals surface area contributed by atoms with Crippen LogP contribution in [0.1, 0.15) is 37.6 Å². The summed E-state index contributed by atoms with van der Waals surface area (Å²) in [5.74, 6) is -0.960. The molecular formula is C15H20N2O5S. The van der Waals surface area contributed by atoms with Gasteiger partial charge in [0.15, 0.2) is 0 Å². The molecule has 0 aliphatic rings. The molecule has 126 valence electrons. The van der Waals surface area contributed by atoms with Crippen molar-refractivity contribution in [2.24, 2.45) is 5.92 Å². The Hall–Kier alpha value is -2.09. The van der Waals surface area contributed by atoms with Crippen molar-refractivity contribution >= 4 is 29.3 Å². The molecule has 0 bridgehead atoms. The summed E-state index contributed by atoms with van der Waals surface area (Å²) < 4.78 is 0. The highest BCUT2D eigenvalue weighted by atomic mass is 32.2. The van der Waals surface area contributed by atoms with Gasteiger partial charge >= 0.3 is 5.97 Å². The second-order valence-corrected chi connectivity index (χ2v) is 6.67. The first-order valence-electron chi connectivity index (χ1n) is 7.21. The lowest BCUT2D eigenvalue weighted by Gasteiger charge is -2.17. The van der Waals surface area contributed by atoms with Crippen LogP contribution in [0.2, 0.25) is 0 Å². The molecule has 8 heteroatoms. The minimum absolute atomic E-state index is 0.0889. The number of hydrogen-bond acceptors (Lipinski definition) is 5. The van der Waals surface area contributed by atoms with Gasteiger partial charge in [-0.25, -0.2) is 4.79 Å². The molecule has 0 heterocycles. The molecule has 0 radical (unpaired) electrons. The molecular weight excluding hydrogens is 320 g/mol. The molecule has 1 amide bonds. The predicted octanol–water partition coefficient (Wildman–Crippen LogP) is 2.94. The molecule has 23 heavy (non-hydrogen) atoms. The molecule has 0 spiro atoms. The zero-order valence-electron chi connectivity index (χ0n) is 13.2. The van der Waals surface area contributed by atoms with Gasteiger partial charge in [-0.3, -0.25) is 14.9 Å². The minimum atomic E-state index is -1.12. The lowest BCUT2D eigenvalue weighted by molar-refractivity contribution is -0.384. The molecule has 7 nitrogen and oxygen atoms in total. The van der Waals surface area contributed by atoms with Gasteiger partial charge in [0, 0.05) is 17.0 Å². The van der Waals surface area contributed by atoms with Crippen LogP contribution in [-0.4, -0.2) is 33.7 Å². The normalized spacial score (nSPS) is 12.0. The summed E-state index contributed by atoms with van der Waals surface area (Å²) in [7, 11) is 0. The number of nitro benzene ring substituents is 1. The minimum Gasteiger partial charge on any atom is -0.480 e. The quantitative estimate of drug-likeness (QED) is 0.428. The molecule has 0 fully saturated rings. The van der Waals surface area contributed by atoms with Crippen LogP contribution < -0.4 is 5.32 Å². The fourth-order valence-corrected chi connectivity index (χ4v) is 2.80. The van der Waals surface area contributed by atoms with Crippen molar-refractivity contribution < 1.29 is 19.6 Å². The number of benzene rings is 1. The Morgan fingerprint density at radius 1 is 1.39 bits per heavy atom. The van der Waals surface area contributed by atoms with E-state index in [1.54, 1.807) is 0 Å². The van der Waals surface area contributed by atoms with E-state index in [0.717, 1.165) is 0 Å². The predicted molar refractivity (Wildman–Crippen MR) is 87.8 cm³/mol. The van der Waals surface area contributed by atoms with Crippen LogP contribution >= 0.6 is 11.8 Å². The molecule has 1 atom stereocenters. The molecule has 1 rings (SSSR count). The molecule has 0 aliphatic carbocycles. The standard InChI is InChI=1S/C15H20N2O5S/c1-4-23-13-6-5-10(17(21)22)8-11(13)14(18)16-12(15(19)20)7-9(2)3/h5-6,8-9,12H,4,7H2,1-3H3,(H,16,18)(H,19,20)/t12-/m1/s1. The Bertz CT molecular complexity index is 604. The van der Waals surface area contributed by atoms with Crippen LogP contribution in [0.3, 0.4) is 0 Å². The van der Waals surface area contributed by atoms with Crippen LogP contribution in [0.5, 0.6) is 0 Å². The Balaban J connectivity index is 3.10. The van der Waals surface area contributed by atoms with Crippen molar-refractivity contribution in [3.8, 4) is 0 Å². The van der Waals surface area contributed by atoms with Crippen LogP contribution in [0.4, 0.5) is 5.69 Å². The van der Waals surface area contributed by atoms with E-state index in [9.17, 15) is 24.8 Å². The highest BCUT2D eigenvalue weighted by Crippen LogP contribution is 2.26. The monoisotopic (exact) mass is 340 g/mol. The summed E-state index contributed by atoms with van der Waals surface area (Å²) in [6.07, 6.45) is 0.284. The van der Waals surface area contributed by atoms with Crippen LogP contribution in [0, 0.1) is 16.0 Å². The van der Waals surface area contributed by atoms with Gasteiger partial charge in [-0.15, -0.1) is 11.8 Å². The lowest BCUT2D eigenvalue weighted by Crippen LogP contribution is -2.41. The van der Waals surface area contributed by atoms with Gasteiger partial charge in [0.2, 0.25) is 0 Å². The van der Waals surface area contributed by atoms with E-state index >= 15 is 0 Å². The highest BCUT2D eigenvalue weighted by Gasteiger charge is 2.24. The van der Waals surface area contributed by atoms with Gasteiger partial charge in [-0.1, -0.05) is 20.8 Å². The number of carbonyl (C=O) groups excluding carboxylic acids is 1. The van der Waals surface area contributed by atoms with Gasteiger partial charge in [-0.05, 0) is 24.2 Å². The molecule has 2 N–H and O–H groups in total. The van der Waals surface area contributed by atoms with E-state index in [1.165, 1.54) is 30.0 Å². The van der Waals surface area contributed by atoms with Gasteiger partial charge in [0.25, 0.3) is 11.6 Å². The van der Waals surface area contributed by atoms with Gasteiger partial charge in [-0.2, -0.15) is 0 Å². The summed E-state index contributed by atoms with van der Waals surface area (Å²) in [5, 5.41) is 22.6. The maximum atomic E-state index is 12.4. The first-order chi connectivity index (χ1) is 10.8. The second-order valence-electron chi connectivity index (χ2n) is 5.36. The first kappa shape index (κ1) is 19.0. The molecule has 1 aromatic rings. The van der Waals surface area contributed by atoms with E-state index in [1.807, 2.05) is 20.8 Å². The van der Waals surface area contributed by atoms with E-state index in [4.69, 9.17) is 0 Å². The van der Waals surface area contributed by atoms with Crippen molar-refractivity contribution in [2.45, 2.75) is 38.1 Å². The smallest absolute Gasteiger partial charge is 0.326 e. The highest BCUT2D eigenvalue weighted by molar-refractivity contribution is 7.99. The van der Waals surface area contributed by atoms with Crippen molar-refractivity contribution in [1.29, 1.82) is 0 Å². The number of nitro groups is 1. The van der Waals surface area contributed by atoms with Crippen LogP contribution in [0.15, 0.2) is 23.1 Å². The third-order valence-electron chi connectivity index (χ3n) is 3.03. The Kier molecular flexibility index (Phi) is 7.02. The van der Waals surface area contributed by atoms with Crippen LogP contribution in [0.25, 0.3) is 0 Å². The largest absolute Gasteiger partial charge is 0.480 e. The number of thioether (sulfide) groups is 1. The number of carboxylic acids is 1. The third-order valence-corrected chi connectivity index (χ3v) is 3.98. The first-order valence-corrected chi connectivity index (χ1v) is 8.19. The average Bonchev–Trinajstić information content (AvgIpc) is 2.46. The Morgan fingerprint density at radius 3 is 2.52 bits per heavy atom. The zero-order valence-corrected chi connectivity index (χ0v) is 14.1. The van der Waals surface area contributed by atoms with E-state index in [2.05, 4.69) is 5.32 Å². The van der Waals surface area contributed by atoms with Crippen molar-refractivity contribution in [1.82, 2.24) is 5.32 Å². The fraction of sp³-hybridized carbons (Fsp3) is 0.467. The second kappa shape index (κ2) is 8.52. The topological polar surface area (TPSA) is 110 Å². The van der Waals surface area contributed by atoms with E-state index in [-0.39, 0.29) is 23.6 Å². The Morgan fingerprint density at radius 2 is 2.04 bits per heavy atom. The molecule has 0 unspecified atom stereocenters. The van der Waals surface area contributed by atoms with E-state index in [0.29, 0.717) is 10.6 Å². The molecule has 1 aromatic carbocycles. The summed E-state index contributed by atoms with van der Waals surface area (Å²) in [6.45, 7) is 5.61. The number of amides is 1. The fourth-order valence-electron chi connectivity index (χ4n) is 2.02. The lowest BCUT2D eigenvalue weighted by atomic mass is 10.0. The van der Waals surface area contributed by atoms with Crippen LogP contribution in [-0.2, 0) is 4.79 Å². The molecule has 0 saturated carbocycles. The number of non-ortho nitro benzene ring substituents is 1. The molecule has 0 saturated heterocycles. The van der Waals surface area contributed by atoms with Gasteiger partial charge in [0.1, 0.15) is 6.04 Å². The molecule has 0 aromatic heterocycles. The van der Waals surface area contributed by atoms with Gasteiger partial charge < -0.3 is 10.4 Å². The zero-order chi connectivity index (χ0) is 17.6. The number of hydrogen-bond donors (Lipinski definition) is 2. The maximum Gasteiger partial charge on any atom is 0.326 e. The van der Waals surface area contributed by atoms with Crippen molar-refractivity contribution in [3.63, 3.8) is 0 Å². The van der Waals surface area contributed by atoms with E-state index < -0.39 is 22.8 Å². The summed E-state index contributed by atoms with van der Waals surface area (Å²) in [6, 6.07) is 3.00. The number of carboxylic acid groups (broad SMARTS) is 1. The average molecular weight is 340 g/mol. The van der Waals surface area contributed by atoms with Gasteiger partial charge in [0.05, 0.1) is 10.5 Å². The third kappa shape index (κ3) is 5.55. The molecule has 0 aliphatic heterocycles.